The second-order valence-corrected chi connectivity index (χ2v) is 4.03. The number of rotatable bonds is 7. The minimum Gasteiger partial charge on any atom is -0.480 e. The number of ether oxygens (including phenoxy) is 1. The van der Waals surface area contributed by atoms with E-state index in [0.29, 0.717) is 6.54 Å². The molecule has 104 valence electrons. The molecule has 0 saturated heterocycles. The standard InChI is InChI=1S/C11H20N2O5/c1-4-5-13(8(2)3)11(17)12-9(14)6-18-7-10(15)16/h8H,4-7H2,1-3H3,(H,15,16)(H,12,14,17). The van der Waals surface area contributed by atoms with Crippen LogP contribution in [-0.4, -0.2) is 53.7 Å². The number of carboxylic acid groups (broad SMARTS) is 1. The Bertz CT molecular complexity index is 304. The lowest BCUT2D eigenvalue weighted by molar-refractivity contribution is -0.143. The van der Waals surface area contributed by atoms with E-state index in [1.807, 2.05) is 20.8 Å². The van der Waals surface area contributed by atoms with Gasteiger partial charge in [0.2, 0.25) is 0 Å². The molecule has 0 radical (unpaired) electrons. The number of nitrogens with zero attached hydrogens (tertiary/aromatic N) is 1. The van der Waals surface area contributed by atoms with Gasteiger partial charge in [-0.05, 0) is 20.3 Å². The summed E-state index contributed by atoms with van der Waals surface area (Å²) >= 11 is 0. The zero-order chi connectivity index (χ0) is 14.1. The molecular weight excluding hydrogens is 240 g/mol. The summed E-state index contributed by atoms with van der Waals surface area (Å²) in [5.74, 6) is -1.81. The van der Waals surface area contributed by atoms with Crippen LogP contribution < -0.4 is 5.32 Å². The molecule has 0 fully saturated rings. The Morgan fingerprint density at radius 1 is 1.28 bits per heavy atom. The van der Waals surface area contributed by atoms with Gasteiger partial charge in [0, 0.05) is 12.6 Å². The highest BCUT2D eigenvalue weighted by Gasteiger charge is 2.18. The van der Waals surface area contributed by atoms with E-state index in [1.165, 1.54) is 4.90 Å². The number of carboxylic acids is 1. The fraction of sp³-hybridized carbons (Fsp3) is 0.727. The average molecular weight is 260 g/mol. The SMILES string of the molecule is CCCN(C(=O)NC(=O)COCC(=O)O)C(C)C. The molecule has 0 unspecified atom stereocenters. The van der Waals surface area contributed by atoms with Gasteiger partial charge in [0.05, 0.1) is 0 Å². The number of urea groups is 1. The van der Waals surface area contributed by atoms with E-state index in [2.05, 4.69) is 10.1 Å². The van der Waals surface area contributed by atoms with E-state index in [-0.39, 0.29) is 6.04 Å². The first kappa shape index (κ1) is 16.4. The van der Waals surface area contributed by atoms with Crippen molar-refractivity contribution < 1.29 is 24.2 Å². The number of aliphatic carboxylic acids is 1. The van der Waals surface area contributed by atoms with E-state index in [9.17, 15) is 14.4 Å². The lowest BCUT2D eigenvalue weighted by Gasteiger charge is -2.25. The van der Waals surface area contributed by atoms with Crippen LogP contribution in [0.1, 0.15) is 27.2 Å². The maximum atomic E-state index is 11.7. The summed E-state index contributed by atoms with van der Waals surface area (Å²) < 4.78 is 4.58. The second kappa shape index (κ2) is 8.46. The third kappa shape index (κ3) is 6.85. The summed E-state index contributed by atoms with van der Waals surface area (Å²) in [5, 5.41) is 10.5. The number of amides is 3. The summed E-state index contributed by atoms with van der Waals surface area (Å²) in [6.07, 6.45) is 0.787. The van der Waals surface area contributed by atoms with Gasteiger partial charge in [0.1, 0.15) is 13.2 Å². The third-order valence-corrected chi connectivity index (χ3v) is 2.05. The normalized spacial score (nSPS) is 10.2. The molecule has 3 amide bonds. The van der Waals surface area contributed by atoms with Gasteiger partial charge >= 0.3 is 12.0 Å². The molecule has 0 aromatic rings. The third-order valence-electron chi connectivity index (χ3n) is 2.05. The molecule has 0 saturated carbocycles. The monoisotopic (exact) mass is 260 g/mol. The second-order valence-electron chi connectivity index (χ2n) is 4.03. The molecule has 0 aliphatic carbocycles. The van der Waals surface area contributed by atoms with Gasteiger partial charge < -0.3 is 14.7 Å². The summed E-state index contributed by atoms with van der Waals surface area (Å²) in [6, 6.07) is -0.506. The zero-order valence-corrected chi connectivity index (χ0v) is 10.9. The van der Waals surface area contributed by atoms with Gasteiger partial charge in [0.25, 0.3) is 5.91 Å². The van der Waals surface area contributed by atoms with E-state index in [4.69, 9.17) is 5.11 Å². The largest absolute Gasteiger partial charge is 0.480 e. The molecule has 7 nitrogen and oxygen atoms in total. The first-order valence-corrected chi connectivity index (χ1v) is 5.78. The van der Waals surface area contributed by atoms with Crippen molar-refractivity contribution >= 4 is 17.9 Å². The van der Waals surface area contributed by atoms with Crippen molar-refractivity contribution in [3.05, 3.63) is 0 Å². The number of hydrogen-bond donors (Lipinski definition) is 2. The molecule has 0 atom stereocenters. The number of carbonyl (C=O) groups is 3. The van der Waals surface area contributed by atoms with Gasteiger partial charge in [0.15, 0.2) is 0 Å². The Hall–Kier alpha value is -1.63. The molecule has 0 bridgehead atoms. The minimum absolute atomic E-state index is 0.0160. The predicted octanol–water partition coefficient (Wildman–Crippen LogP) is 0.444. The predicted molar refractivity (Wildman–Crippen MR) is 64.1 cm³/mol. The molecule has 0 aromatic carbocycles. The van der Waals surface area contributed by atoms with Crippen LogP contribution in [0.2, 0.25) is 0 Å². The average Bonchev–Trinajstić information content (AvgIpc) is 2.24. The molecule has 7 heteroatoms. The molecule has 0 spiro atoms. The quantitative estimate of drug-likeness (QED) is 0.692. The summed E-state index contributed by atoms with van der Waals surface area (Å²) in [6.45, 7) is 5.16. The highest BCUT2D eigenvalue weighted by atomic mass is 16.5. The molecule has 0 aromatic heterocycles. The van der Waals surface area contributed by atoms with E-state index >= 15 is 0 Å². The number of imide groups is 1. The summed E-state index contributed by atoms with van der Waals surface area (Å²) in [4.78, 5) is 34.7. The van der Waals surface area contributed by atoms with Gasteiger partial charge in [-0.2, -0.15) is 0 Å². The Balaban J connectivity index is 4.11. The Morgan fingerprint density at radius 2 is 1.89 bits per heavy atom. The molecular formula is C11H20N2O5. The van der Waals surface area contributed by atoms with Crippen molar-refractivity contribution in [2.45, 2.75) is 33.2 Å². The van der Waals surface area contributed by atoms with Crippen molar-refractivity contribution in [2.24, 2.45) is 0 Å². The fourth-order valence-corrected chi connectivity index (χ4v) is 1.29. The highest BCUT2D eigenvalue weighted by molar-refractivity contribution is 5.95. The Labute approximate surface area is 106 Å². The molecule has 2 N–H and O–H groups in total. The van der Waals surface area contributed by atoms with Crippen LogP contribution in [-0.2, 0) is 14.3 Å². The molecule has 18 heavy (non-hydrogen) atoms. The summed E-state index contributed by atoms with van der Waals surface area (Å²) in [5.41, 5.74) is 0. The molecule has 0 heterocycles. The van der Waals surface area contributed by atoms with Crippen molar-refractivity contribution in [3.8, 4) is 0 Å². The van der Waals surface area contributed by atoms with E-state index in [0.717, 1.165) is 6.42 Å². The molecule has 0 rings (SSSR count). The van der Waals surface area contributed by atoms with Gasteiger partial charge in [-0.25, -0.2) is 9.59 Å². The van der Waals surface area contributed by atoms with Crippen molar-refractivity contribution in [2.75, 3.05) is 19.8 Å². The van der Waals surface area contributed by atoms with Crippen LogP contribution in [0.25, 0.3) is 0 Å². The first-order valence-electron chi connectivity index (χ1n) is 5.78. The van der Waals surface area contributed by atoms with Crippen molar-refractivity contribution in [1.29, 1.82) is 0 Å². The first-order chi connectivity index (χ1) is 8.38. The topological polar surface area (TPSA) is 95.9 Å². The van der Waals surface area contributed by atoms with E-state index < -0.39 is 31.1 Å². The van der Waals surface area contributed by atoms with E-state index in [1.54, 1.807) is 0 Å². The number of nitrogens with one attached hydrogen (secondary N) is 1. The van der Waals surface area contributed by atoms with Crippen molar-refractivity contribution in [3.63, 3.8) is 0 Å². The number of hydrogen-bond acceptors (Lipinski definition) is 4. The molecule has 0 aliphatic heterocycles. The summed E-state index contributed by atoms with van der Waals surface area (Å²) in [7, 11) is 0. The molecule has 0 aliphatic rings. The van der Waals surface area contributed by atoms with Gasteiger partial charge in [-0.3, -0.25) is 10.1 Å². The Kier molecular flexibility index (Phi) is 7.69. The smallest absolute Gasteiger partial charge is 0.329 e. The number of carbonyl (C=O) groups excluding carboxylic acids is 2. The van der Waals surface area contributed by atoms with Crippen LogP contribution >= 0.6 is 0 Å². The fourth-order valence-electron chi connectivity index (χ4n) is 1.29. The van der Waals surface area contributed by atoms with Crippen LogP contribution in [0.4, 0.5) is 4.79 Å². The minimum atomic E-state index is -1.16. The van der Waals surface area contributed by atoms with Crippen molar-refractivity contribution in [1.82, 2.24) is 10.2 Å². The Morgan fingerprint density at radius 3 is 2.33 bits per heavy atom. The van der Waals surface area contributed by atoms with Crippen LogP contribution in [0.15, 0.2) is 0 Å². The lowest BCUT2D eigenvalue weighted by Crippen LogP contribution is -2.47. The van der Waals surface area contributed by atoms with Crippen LogP contribution in [0.5, 0.6) is 0 Å². The van der Waals surface area contributed by atoms with Crippen LogP contribution in [0.3, 0.4) is 0 Å². The lowest BCUT2D eigenvalue weighted by atomic mass is 10.3. The maximum Gasteiger partial charge on any atom is 0.329 e. The van der Waals surface area contributed by atoms with Gasteiger partial charge in [-0.1, -0.05) is 6.92 Å². The zero-order valence-electron chi connectivity index (χ0n) is 10.9. The van der Waals surface area contributed by atoms with Gasteiger partial charge in [-0.15, -0.1) is 0 Å². The maximum absolute atomic E-state index is 11.7. The highest BCUT2D eigenvalue weighted by Crippen LogP contribution is 2.00. The van der Waals surface area contributed by atoms with Crippen LogP contribution in [0, 0.1) is 0 Å².